The maximum atomic E-state index is 5.42. The van der Waals surface area contributed by atoms with E-state index in [9.17, 15) is 0 Å². The van der Waals surface area contributed by atoms with E-state index in [1.807, 2.05) is 25.1 Å². The molecule has 0 aliphatic heterocycles. The molecule has 0 aliphatic carbocycles. The number of anilines is 1. The zero-order valence-electron chi connectivity index (χ0n) is 10.9. The predicted molar refractivity (Wildman–Crippen MR) is 83.6 cm³/mol. The molecule has 0 fully saturated rings. The average molecular weight is 321 g/mol. The van der Waals surface area contributed by atoms with E-state index in [0.717, 1.165) is 33.3 Å². The van der Waals surface area contributed by atoms with Gasteiger partial charge in [0.1, 0.15) is 5.82 Å². The maximum Gasteiger partial charge on any atom is 0.126 e. The second kappa shape index (κ2) is 6.68. The Balaban J connectivity index is 1.91. The van der Waals surface area contributed by atoms with Crippen molar-refractivity contribution in [3.63, 3.8) is 0 Å². The molecule has 0 saturated heterocycles. The first-order valence-electron chi connectivity index (χ1n) is 6.17. The molecule has 2 aromatic rings. The molecule has 0 radical (unpaired) electrons. The number of benzene rings is 1. The summed E-state index contributed by atoms with van der Waals surface area (Å²) >= 11 is 3.45. The number of pyridine rings is 1. The molecule has 2 rings (SSSR count). The van der Waals surface area contributed by atoms with Gasteiger partial charge in [-0.1, -0.05) is 28.1 Å². The fourth-order valence-electron chi connectivity index (χ4n) is 1.69. The highest BCUT2D eigenvalue weighted by molar-refractivity contribution is 9.10. The van der Waals surface area contributed by atoms with Crippen LogP contribution < -0.4 is 5.32 Å². The Hall–Kier alpha value is -1.39. The van der Waals surface area contributed by atoms with Gasteiger partial charge in [-0.05, 0) is 37.3 Å². The van der Waals surface area contributed by atoms with E-state index in [-0.39, 0.29) is 0 Å². The minimum atomic E-state index is 0.612. The van der Waals surface area contributed by atoms with Crippen LogP contribution in [0.4, 0.5) is 5.82 Å². The molecule has 3 nitrogen and oxygen atoms in total. The molecular weight excluding hydrogens is 304 g/mol. The lowest BCUT2D eigenvalue weighted by molar-refractivity contribution is 0.167. The molecule has 100 valence electrons. The first kappa shape index (κ1) is 14.0. The number of ether oxygens (including phenoxy) is 1. The van der Waals surface area contributed by atoms with Crippen molar-refractivity contribution in [3.8, 4) is 0 Å². The zero-order chi connectivity index (χ0) is 13.7. The second-order valence-electron chi connectivity index (χ2n) is 4.47. The van der Waals surface area contributed by atoms with Gasteiger partial charge in [0.25, 0.3) is 0 Å². The van der Waals surface area contributed by atoms with Gasteiger partial charge in [0.05, 0.1) is 18.7 Å². The lowest BCUT2D eigenvalue weighted by Gasteiger charge is -2.07. The van der Waals surface area contributed by atoms with Crippen molar-refractivity contribution < 1.29 is 4.74 Å². The molecule has 0 atom stereocenters. The van der Waals surface area contributed by atoms with E-state index < -0.39 is 0 Å². The number of fused-ring (bicyclic) bond motifs is 1. The van der Waals surface area contributed by atoms with E-state index in [1.54, 1.807) is 0 Å². The molecule has 4 heteroatoms. The van der Waals surface area contributed by atoms with Crippen molar-refractivity contribution in [3.05, 3.63) is 47.0 Å². The predicted octanol–water partition coefficient (Wildman–Crippen LogP) is 4.00. The fourth-order valence-corrected chi connectivity index (χ4v) is 2.07. The normalized spacial score (nSPS) is 10.6. The Bertz CT molecular complexity index is 583. The smallest absolute Gasteiger partial charge is 0.126 e. The summed E-state index contributed by atoms with van der Waals surface area (Å²) in [6, 6.07) is 10.1. The van der Waals surface area contributed by atoms with Gasteiger partial charge < -0.3 is 10.1 Å². The summed E-state index contributed by atoms with van der Waals surface area (Å²) < 4.78 is 6.49. The second-order valence-corrected chi connectivity index (χ2v) is 5.39. The van der Waals surface area contributed by atoms with Crippen molar-refractivity contribution in [1.82, 2.24) is 4.98 Å². The Kier molecular flexibility index (Phi) is 4.93. The molecule has 1 N–H and O–H groups in total. The highest BCUT2D eigenvalue weighted by atomic mass is 79.9. The number of halogens is 1. The van der Waals surface area contributed by atoms with Gasteiger partial charge in [-0.3, -0.25) is 0 Å². The highest BCUT2D eigenvalue weighted by Gasteiger charge is 1.98. The molecule has 1 aromatic heterocycles. The Morgan fingerprint density at radius 2 is 2.21 bits per heavy atom. The third kappa shape index (κ3) is 4.33. The summed E-state index contributed by atoms with van der Waals surface area (Å²) in [7, 11) is 0. The summed E-state index contributed by atoms with van der Waals surface area (Å²) in [5.41, 5.74) is 2.02. The molecule has 1 aromatic carbocycles. The number of hydrogen-bond acceptors (Lipinski definition) is 3. The highest BCUT2D eigenvalue weighted by Crippen LogP contribution is 2.19. The van der Waals surface area contributed by atoms with Crippen LogP contribution in [0.5, 0.6) is 0 Å². The van der Waals surface area contributed by atoms with Gasteiger partial charge in [0.2, 0.25) is 0 Å². The fraction of sp³-hybridized carbons (Fsp3) is 0.267. The monoisotopic (exact) mass is 320 g/mol. The van der Waals surface area contributed by atoms with E-state index in [0.29, 0.717) is 13.2 Å². The quantitative estimate of drug-likeness (QED) is 0.645. The third-order valence-corrected chi connectivity index (χ3v) is 3.05. The molecule has 19 heavy (non-hydrogen) atoms. The van der Waals surface area contributed by atoms with Crippen molar-refractivity contribution in [2.24, 2.45) is 0 Å². The molecule has 0 unspecified atom stereocenters. The number of nitrogens with zero attached hydrogens (tertiary/aromatic N) is 1. The molecule has 0 aliphatic rings. The Morgan fingerprint density at radius 3 is 3.00 bits per heavy atom. The number of rotatable bonds is 6. The molecule has 0 bridgehead atoms. The van der Waals surface area contributed by atoms with Crippen molar-refractivity contribution >= 4 is 32.7 Å². The van der Waals surface area contributed by atoms with Crippen LogP contribution >= 0.6 is 15.9 Å². The van der Waals surface area contributed by atoms with Crippen LogP contribution in [-0.4, -0.2) is 24.7 Å². The number of hydrogen-bond donors (Lipinski definition) is 1. The number of aromatic nitrogens is 1. The van der Waals surface area contributed by atoms with Crippen molar-refractivity contribution in [1.29, 1.82) is 0 Å². The third-order valence-electron chi connectivity index (χ3n) is 2.55. The summed E-state index contributed by atoms with van der Waals surface area (Å²) in [5.74, 6) is 0.869. The lowest BCUT2D eigenvalue weighted by Crippen LogP contribution is -2.11. The summed E-state index contributed by atoms with van der Waals surface area (Å²) in [5, 5.41) is 4.37. The van der Waals surface area contributed by atoms with Gasteiger partial charge in [-0.15, -0.1) is 0 Å². The largest absolute Gasteiger partial charge is 0.375 e. The molecule has 0 spiro atoms. The van der Waals surface area contributed by atoms with Crippen LogP contribution in [-0.2, 0) is 4.74 Å². The topological polar surface area (TPSA) is 34.1 Å². The minimum Gasteiger partial charge on any atom is -0.375 e. The van der Waals surface area contributed by atoms with E-state index in [2.05, 4.69) is 44.9 Å². The minimum absolute atomic E-state index is 0.612. The Morgan fingerprint density at radius 1 is 1.37 bits per heavy atom. The van der Waals surface area contributed by atoms with Gasteiger partial charge >= 0.3 is 0 Å². The van der Waals surface area contributed by atoms with Crippen LogP contribution in [0.3, 0.4) is 0 Å². The van der Waals surface area contributed by atoms with Crippen LogP contribution in [0.2, 0.25) is 0 Å². The molecule has 0 amide bonds. The van der Waals surface area contributed by atoms with Crippen molar-refractivity contribution in [2.75, 3.05) is 25.1 Å². The van der Waals surface area contributed by atoms with E-state index in [4.69, 9.17) is 4.74 Å². The van der Waals surface area contributed by atoms with Gasteiger partial charge in [0, 0.05) is 16.4 Å². The standard InChI is InChI=1S/C15H17BrN2O/c1-11(2)10-19-8-7-17-15-6-3-12-9-13(16)4-5-14(12)18-15/h3-6,9H,1,7-8,10H2,2H3,(H,17,18). The number of nitrogens with one attached hydrogen (secondary N) is 1. The van der Waals surface area contributed by atoms with E-state index >= 15 is 0 Å². The molecule has 0 saturated carbocycles. The van der Waals surface area contributed by atoms with Crippen molar-refractivity contribution in [2.45, 2.75) is 6.92 Å². The first-order chi connectivity index (χ1) is 9.15. The van der Waals surface area contributed by atoms with Crippen LogP contribution in [0.1, 0.15) is 6.92 Å². The summed E-state index contributed by atoms with van der Waals surface area (Å²) in [6.07, 6.45) is 0. The van der Waals surface area contributed by atoms with Gasteiger partial charge in [-0.2, -0.15) is 0 Å². The SMILES string of the molecule is C=C(C)COCCNc1ccc2cc(Br)ccc2n1. The zero-order valence-corrected chi connectivity index (χ0v) is 12.5. The first-order valence-corrected chi connectivity index (χ1v) is 6.97. The van der Waals surface area contributed by atoms with E-state index in [1.165, 1.54) is 0 Å². The molecule has 1 heterocycles. The van der Waals surface area contributed by atoms with Crippen LogP contribution in [0, 0.1) is 0 Å². The average Bonchev–Trinajstić information content (AvgIpc) is 2.38. The van der Waals surface area contributed by atoms with Crippen LogP contribution in [0.25, 0.3) is 10.9 Å². The Labute approximate surface area is 121 Å². The van der Waals surface area contributed by atoms with Gasteiger partial charge in [0.15, 0.2) is 0 Å². The van der Waals surface area contributed by atoms with Gasteiger partial charge in [-0.25, -0.2) is 4.98 Å². The maximum absolute atomic E-state index is 5.42. The van der Waals surface area contributed by atoms with Crippen LogP contribution in [0.15, 0.2) is 47.0 Å². The summed E-state index contributed by atoms with van der Waals surface area (Å²) in [4.78, 5) is 4.54. The molecular formula is C15H17BrN2O. The lowest BCUT2D eigenvalue weighted by atomic mass is 10.2. The summed E-state index contributed by atoms with van der Waals surface area (Å²) in [6.45, 7) is 7.74.